The van der Waals surface area contributed by atoms with Gasteiger partial charge in [-0.3, -0.25) is 0 Å². The molecule has 0 amide bonds. The summed E-state index contributed by atoms with van der Waals surface area (Å²) in [7, 11) is 0. The lowest BCUT2D eigenvalue weighted by atomic mass is 10.3. The molecule has 0 unspecified atom stereocenters. The van der Waals surface area contributed by atoms with Crippen LogP contribution in [0.2, 0.25) is 0 Å². The van der Waals surface area contributed by atoms with Crippen LogP contribution in [0.5, 0.6) is 0 Å². The van der Waals surface area contributed by atoms with Gasteiger partial charge in [0.05, 0.1) is 0 Å². The maximum absolute atomic E-state index is 5.08. The van der Waals surface area contributed by atoms with Crippen molar-refractivity contribution in [2.75, 3.05) is 0 Å². The summed E-state index contributed by atoms with van der Waals surface area (Å²) >= 11 is 0. The quantitative estimate of drug-likeness (QED) is 0.474. The summed E-state index contributed by atoms with van der Waals surface area (Å²) in [5.74, 6) is 5.88. The Bertz CT molecular complexity index is 101. The highest BCUT2D eigenvalue weighted by molar-refractivity contribution is 5.01. The Labute approximate surface area is 51.6 Å². The zero-order chi connectivity index (χ0) is 6.24. The Hall–Kier alpha value is -0.700. The maximum atomic E-state index is 5.08. The van der Waals surface area contributed by atoms with E-state index in [0.717, 1.165) is 19.3 Å². The zero-order valence-electron chi connectivity index (χ0n) is 5.28. The second-order valence-corrected chi connectivity index (χ2v) is 1.54. The molecular formula is C8H11. The Kier molecular flexibility index (Phi) is 5.75. The van der Waals surface area contributed by atoms with Crippen LogP contribution in [0, 0.1) is 18.4 Å². The highest BCUT2D eigenvalue weighted by Gasteiger charge is 1.67. The van der Waals surface area contributed by atoms with Gasteiger partial charge in [0.25, 0.3) is 0 Å². The van der Waals surface area contributed by atoms with Crippen LogP contribution in [0.4, 0.5) is 0 Å². The molecule has 8 heavy (non-hydrogen) atoms. The minimum Gasteiger partial charge on any atom is -0.103 e. The summed E-state index contributed by atoms with van der Waals surface area (Å²) < 4.78 is 0. The summed E-state index contributed by atoms with van der Waals surface area (Å²) in [6, 6.07) is 0. The van der Waals surface area contributed by atoms with Gasteiger partial charge in [-0.2, -0.15) is 0 Å². The lowest BCUT2D eigenvalue weighted by Crippen LogP contribution is -1.60. The molecule has 0 rings (SSSR count). The highest BCUT2D eigenvalue weighted by atomic mass is 13.7. The van der Waals surface area contributed by atoms with Crippen LogP contribution in [-0.2, 0) is 0 Å². The molecule has 0 aliphatic carbocycles. The van der Waals surface area contributed by atoms with Gasteiger partial charge in [0.15, 0.2) is 0 Å². The van der Waals surface area contributed by atoms with Crippen molar-refractivity contribution in [2.24, 2.45) is 0 Å². The molecule has 0 saturated carbocycles. The largest absolute Gasteiger partial charge is 0.103 e. The molecular weight excluding hydrogens is 96.1 g/mol. The van der Waals surface area contributed by atoms with Crippen molar-refractivity contribution in [2.45, 2.75) is 26.2 Å². The van der Waals surface area contributed by atoms with E-state index in [9.17, 15) is 0 Å². The van der Waals surface area contributed by atoms with Crippen LogP contribution < -0.4 is 0 Å². The first kappa shape index (κ1) is 7.30. The van der Waals surface area contributed by atoms with E-state index in [4.69, 9.17) is 6.58 Å². The molecule has 0 N–H and O–H groups in total. The molecule has 0 fully saturated rings. The summed E-state index contributed by atoms with van der Waals surface area (Å²) in [5.41, 5.74) is 0. The van der Waals surface area contributed by atoms with E-state index < -0.39 is 0 Å². The third kappa shape index (κ3) is 5.30. The predicted molar refractivity (Wildman–Crippen MR) is 36.2 cm³/mol. The SMILES string of the molecule is [CH]=CCC#CCCC. The van der Waals surface area contributed by atoms with Gasteiger partial charge in [-0.15, -0.1) is 5.92 Å². The van der Waals surface area contributed by atoms with Crippen LogP contribution in [0.3, 0.4) is 0 Å². The standard InChI is InChI=1S/C8H11/c1-3-5-7-8-6-4-2/h1,3H,4-6H2,2H3. The van der Waals surface area contributed by atoms with Gasteiger partial charge in [0.1, 0.15) is 0 Å². The van der Waals surface area contributed by atoms with Crippen molar-refractivity contribution in [3.63, 3.8) is 0 Å². The fourth-order valence-corrected chi connectivity index (χ4v) is 0.344. The highest BCUT2D eigenvalue weighted by Crippen LogP contribution is 1.82. The van der Waals surface area contributed by atoms with Gasteiger partial charge in [0, 0.05) is 12.8 Å². The van der Waals surface area contributed by atoms with Gasteiger partial charge < -0.3 is 0 Å². The van der Waals surface area contributed by atoms with Gasteiger partial charge in [0.2, 0.25) is 0 Å². The summed E-state index contributed by atoms with van der Waals surface area (Å²) in [5, 5.41) is 0. The average Bonchev–Trinajstić information content (AvgIpc) is 1.81. The van der Waals surface area contributed by atoms with Crippen molar-refractivity contribution in [1.29, 1.82) is 0 Å². The fourth-order valence-electron chi connectivity index (χ4n) is 0.344. The number of hydrogen-bond acceptors (Lipinski definition) is 0. The predicted octanol–water partition coefficient (Wildman–Crippen LogP) is 2.17. The molecule has 0 aliphatic rings. The van der Waals surface area contributed by atoms with Crippen LogP contribution in [0.15, 0.2) is 6.08 Å². The van der Waals surface area contributed by atoms with E-state index in [-0.39, 0.29) is 0 Å². The first-order valence-corrected chi connectivity index (χ1v) is 2.91. The summed E-state index contributed by atoms with van der Waals surface area (Å²) in [6.07, 6.45) is 4.42. The molecule has 43 valence electrons. The molecule has 0 atom stereocenters. The van der Waals surface area contributed by atoms with E-state index in [0.29, 0.717) is 0 Å². The van der Waals surface area contributed by atoms with E-state index in [1.54, 1.807) is 6.08 Å². The van der Waals surface area contributed by atoms with Gasteiger partial charge in [-0.25, -0.2) is 0 Å². The molecule has 0 aromatic carbocycles. The van der Waals surface area contributed by atoms with Gasteiger partial charge in [-0.05, 0) is 6.42 Å². The number of allylic oxidation sites excluding steroid dienone is 1. The molecule has 0 bridgehead atoms. The molecule has 0 heterocycles. The second-order valence-electron chi connectivity index (χ2n) is 1.54. The van der Waals surface area contributed by atoms with Crippen molar-refractivity contribution < 1.29 is 0 Å². The summed E-state index contributed by atoms with van der Waals surface area (Å²) in [4.78, 5) is 0. The topological polar surface area (TPSA) is 0 Å². The van der Waals surface area contributed by atoms with Crippen molar-refractivity contribution in [3.8, 4) is 11.8 Å². The lowest BCUT2D eigenvalue weighted by molar-refractivity contribution is 0.982. The first-order chi connectivity index (χ1) is 3.91. The van der Waals surface area contributed by atoms with E-state index in [1.807, 2.05) is 0 Å². The third-order valence-corrected chi connectivity index (χ3v) is 0.720. The Morgan fingerprint density at radius 1 is 1.50 bits per heavy atom. The Morgan fingerprint density at radius 2 is 2.25 bits per heavy atom. The van der Waals surface area contributed by atoms with Gasteiger partial charge >= 0.3 is 0 Å². The summed E-state index contributed by atoms with van der Waals surface area (Å²) in [6.45, 7) is 7.20. The second kappa shape index (κ2) is 6.30. The first-order valence-electron chi connectivity index (χ1n) is 2.91. The third-order valence-electron chi connectivity index (χ3n) is 0.720. The molecule has 0 aliphatic heterocycles. The molecule has 0 saturated heterocycles. The lowest BCUT2D eigenvalue weighted by Gasteiger charge is -1.75. The van der Waals surface area contributed by atoms with E-state index in [2.05, 4.69) is 18.8 Å². The molecule has 0 aromatic rings. The normalized spacial score (nSPS) is 7.12. The number of unbranched alkanes of at least 4 members (excludes halogenated alkanes) is 1. The fraction of sp³-hybridized carbons (Fsp3) is 0.500. The van der Waals surface area contributed by atoms with Crippen molar-refractivity contribution in [3.05, 3.63) is 12.7 Å². The molecule has 0 heteroatoms. The van der Waals surface area contributed by atoms with E-state index >= 15 is 0 Å². The molecule has 0 spiro atoms. The Balaban J connectivity index is 3.07. The monoisotopic (exact) mass is 107 g/mol. The average molecular weight is 107 g/mol. The van der Waals surface area contributed by atoms with Crippen LogP contribution >= 0.6 is 0 Å². The van der Waals surface area contributed by atoms with Crippen LogP contribution in [-0.4, -0.2) is 0 Å². The smallest absolute Gasteiger partial charge is 0.0272 e. The minimum atomic E-state index is 0.722. The molecule has 1 radical (unpaired) electrons. The number of hydrogen-bond donors (Lipinski definition) is 0. The van der Waals surface area contributed by atoms with Crippen LogP contribution in [0.1, 0.15) is 26.2 Å². The molecule has 0 nitrogen and oxygen atoms in total. The van der Waals surface area contributed by atoms with E-state index in [1.165, 1.54) is 0 Å². The van der Waals surface area contributed by atoms with Crippen molar-refractivity contribution in [1.82, 2.24) is 0 Å². The Morgan fingerprint density at radius 3 is 2.75 bits per heavy atom. The minimum absolute atomic E-state index is 0.722. The van der Waals surface area contributed by atoms with Crippen molar-refractivity contribution >= 4 is 0 Å². The number of rotatable bonds is 2. The van der Waals surface area contributed by atoms with Crippen LogP contribution in [0.25, 0.3) is 0 Å². The molecule has 0 aromatic heterocycles. The zero-order valence-corrected chi connectivity index (χ0v) is 5.28. The maximum Gasteiger partial charge on any atom is 0.0272 e. The van der Waals surface area contributed by atoms with Gasteiger partial charge in [-0.1, -0.05) is 25.5 Å².